The van der Waals surface area contributed by atoms with Crippen molar-refractivity contribution in [3.8, 4) is 0 Å². The van der Waals surface area contributed by atoms with Crippen LogP contribution in [-0.4, -0.2) is 38.5 Å². The molecule has 1 aromatic rings. The fourth-order valence-electron chi connectivity index (χ4n) is 1.60. The van der Waals surface area contributed by atoms with Crippen LogP contribution in [0.3, 0.4) is 0 Å². The number of rotatable bonds is 8. The molecule has 0 saturated heterocycles. The number of methoxy groups -OCH3 is 1. The predicted octanol–water partition coefficient (Wildman–Crippen LogP) is 1.70. The molecule has 4 nitrogen and oxygen atoms in total. The highest BCUT2D eigenvalue weighted by Crippen LogP contribution is 2.20. The van der Waals surface area contributed by atoms with E-state index in [2.05, 4.69) is 5.32 Å². The second-order valence-electron chi connectivity index (χ2n) is 3.89. The maximum atomic E-state index is 5.70. The van der Waals surface area contributed by atoms with Crippen LogP contribution in [0.5, 0.6) is 0 Å². The standard InChI is InChI=1S/C13H20N2O2S/c1-10-4-3-5-11(13(14)18)12(10)15-6-7-17-9-8-16-2/h3-5,15H,6-9H2,1-2H3,(H2,14,18). The average molecular weight is 268 g/mol. The van der Waals surface area contributed by atoms with Crippen LogP contribution in [0.2, 0.25) is 0 Å². The van der Waals surface area contributed by atoms with Crippen LogP contribution < -0.4 is 11.1 Å². The third-order valence-electron chi connectivity index (χ3n) is 2.52. The normalized spacial score (nSPS) is 10.3. The Kier molecular flexibility index (Phi) is 6.64. The summed E-state index contributed by atoms with van der Waals surface area (Å²) in [5, 5.41) is 3.31. The summed E-state index contributed by atoms with van der Waals surface area (Å²) in [5.41, 5.74) is 8.68. The minimum Gasteiger partial charge on any atom is -0.389 e. The number of anilines is 1. The zero-order chi connectivity index (χ0) is 13.4. The van der Waals surface area contributed by atoms with Gasteiger partial charge in [0.05, 0.1) is 19.8 Å². The van der Waals surface area contributed by atoms with E-state index in [1.165, 1.54) is 0 Å². The predicted molar refractivity (Wildman–Crippen MR) is 78.3 cm³/mol. The number of para-hydroxylation sites is 1. The van der Waals surface area contributed by atoms with Gasteiger partial charge in [-0.25, -0.2) is 0 Å². The lowest BCUT2D eigenvalue weighted by Crippen LogP contribution is -2.17. The first-order chi connectivity index (χ1) is 8.66. The first kappa shape index (κ1) is 14.9. The third-order valence-corrected chi connectivity index (χ3v) is 2.74. The Labute approximate surface area is 113 Å². The Morgan fingerprint density at radius 2 is 2.11 bits per heavy atom. The van der Waals surface area contributed by atoms with Crippen molar-refractivity contribution < 1.29 is 9.47 Å². The van der Waals surface area contributed by atoms with Crippen molar-refractivity contribution in [3.05, 3.63) is 29.3 Å². The number of ether oxygens (including phenoxy) is 2. The second kappa shape index (κ2) is 8.02. The molecule has 0 atom stereocenters. The molecule has 0 unspecified atom stereocenters. The van der Waals surface area contributed by atoms with Gasteiger partial charge in [0.15, 0.2) is 0 Å². The number of hydrogen-bond donors (Lipinski definition) is 2. The molecule has 0 aliphatic heterocycles. The largest absolute Gasteiger partial charge is 0.389 e. The Morgan fingerprint density at radius 3 is 2.78 bits per heavy atom. The highest BCUT2D eigenvalue weighted by molar-refractivity contribution is 7.80. The summed E-state index contributed by atoms with van der Waals surface area (Å²) < 4.78 is 10.3. The van der Waals surface area contributed by atoms with Gasteiger partial charge in [-0.1, -0.05) is 24.4 Å². The minimum atomic E-state index is 0.404. The Balaban J connectivity index is 2.48. The lowest BCUT2D eigenvalue weighted by molar-refractivity contribution is 0.0759. The highest BCUT2D eigenvalue weighted by Gasteiger charge is 2.06. The van der Waals surface area contributed by atoms with Gasteiger partial charge in [0, 0.05) is 24.9 Å². The summed E-state index contributed by atoms with van der Waals surface area (Å²) in [4.78, 5) is 0.404. The lowest BCUT2D eigenvalue weighted by Gasteiger charge is -2.14. The summed E-state index contributed by atoms with van der Waals surface area (Å²) in [7, 11) is 1.66. The molecule has 0 amide bonds. The van der Waals surface area contributed by atoms with Crippen molar-refractivity contribution in [2.24, 2.45) is 5.73 Å². The SMILES string of the molecule is COCCOCCNc1c(C)cccc1C(N)=S. The molecule has 100 valence electrons. The fourth-order valence-corrected chi connectivity index (χ4v) is 1.77. The van der Waals surface area contributed by atoms with Gasteiger partial charge in [0.2, 0.25) is 0 Å². The summed E-state index contributed by atoms with van der Waals surface area (Å²) in [6, 6.07) is 5.89. The summed E-state index contributed by atoms with van der Waals surface area (Å²) in [6.07, 6.45) is 0. The van der Waals surface area contributed by atoms with Crippen LogP contribution in [-0.2, 0) is 9.47 Å². The van der Waals surface area contributed by atoms with Crippen molar-refractivity contribution in [2.75, 3.05) is 38.8 Å². The molecule has 0 aliphatic carbocycles. The van der Waals surface area contributed by atoms with E-state index in [9.17, 15) is 0 Å². The molecule has 0 spiro atoms. The maximum absolute atomic E-state index is 5.70. The van der Waals surface area contributed by atoms with E-state index in [1.54, 1.807) is 7.11 Å². The lowest BCUT2D eigenvalue weighted by atomic mass is 10.1. The fraction of sp³-hybridized carbons (Fsp3) is 0.462. The van der Waals surface area contributed by atoms with Gasteiger partial charge in [0.25, 0.3) is 0 Å². The highest BCUT2D eigenvalue weighted by atomic mass is 32.1. The minimum absolute atomic E-state index is 0.404. The van der Waals surface area contributed by atoms with Gasteiger partial charge in [0.1, 0.15) is 4.99 Å². The molecule has 0 fully saturated rings. The molecule has 0 saturated carbocycles. The number of aryl methyl sites for hydroxylation is 1. The smallest absolute Gasteiger partial charge is 0.106 e. The van der Waals surface area contributed by atoms with Crippen molar-refractivity contribution in [1.82, 2.24) is 0 Å². The molecule has 0 bridgehead atoms. The number of thiocarbonyl (C=S) groups is 1. The van der Waals surface area contributed by atoms with Gasteiger partial charge in [-0.05, 0) is 18.6 Å². The molecular weight excluding hydrogens is 248 g/mol. The van der Waals surface area contributed by atoms with E-state index in [0.717, 1.165) is 16.8 Å². The quantitative estimate of drug-likeness (QED) is 0.555. The number of benzene rings is 1. The monoisotopic (exact) mass is 268 g/mol. The summed E-state index contributed by atoms with van der Waals surface area (Å²) >= 11 is 5.04. The van der Waals surface area contributed by atoms with Gasteiger partial charge in [-0.2, -0.15) is 0 Å². The zero-order valence-corrected chi connectivity index (χ0v) is 11.7. The number of nitrogens with two attached hydrogens (primary N) is 1. The first-order valence-electron chi connectivity index (χ1n) is 5.86. The Morgan fingerprint density at radius 1 is 1.33 bits per heavy atom. The first-order valence-corrected chi connectivity index (χ1v) is 6.27. The van der Waals surface area contributed by atoms with Crippen LogP contribution in [0.4, 0.5) is 5.69 Å². The molecule has 0 aromatic heterocycles. The van der Waals surface area contributed by atoms with E-state index in [-0.39, 0.29) is 0 Å². The molecule has 3 N–H and O–H groups in total. The molecular formula is C13H20N2O2S. The van der Waals surface area contributed by atoms with Crippen molar-refractivity contribution in [1.29, 1.82) is 0 Å². The molecule has 0 aliphatic rings. The molecule has 0 heterocycles. The zero-order valence-electron chi connectivity index (χ0n) is 10.9. The molecule has 5 heteroatoms. The van der Waals surface area contributed by atoms with E-state index >= 15 is 0 Å². The van der Waals surface area contributed by atoms with Gasteiger partial charge < -0.3 is 20.5 Å². The van der Waals surface area contributed by atoms with Crippen LogP contribution in [0.1, 0.15) is 11.1 Å². The molecule has 0 radical (unpaired) electrons. The Hall–Kier alpha value is -1.17. The summed E-state index contributed by atoms with van der Waals surface area (Å²) in [5.74, 6) is 0. The van der Waals surface area contributed by atoms with Crippen LogP contribution in [0.15, 0.2) is 18.2 Å². The van der Waals surface area contributed by atoms with Crippen molar-refractivity contribution in [2.45, 2.75) is 6.92 Å². The average Bonchev–Trinajstić information content (AvgIpc) is 2.34. The van der Waals surface area contributed by atoms with Crippen molar-refractivity contribution >= 4 is 22.9 Å². The summed E-state index contributed by atoms with van der Waals surface area (Å²) in [6.45, 7) is 4.57. The second-order valence-corrected chi connectivity index (χ2v) is 4.33. The van der Waals surface area contributed by atoms with Gasteiger partial charge in [-0.3, -0.25) is 0 Å². The van der Waals surface area contributed by atoms with Crippen LogP contribution >= 0.6 is 12.2 Å². The van der Waals surface area contributed by atoms with E-state index in [1.807, 2.05) is 25.1 Å². The van der Waals surface area contributed by atoms with Crippen LogP contribution in [0, 0.1) is 6.92 Å². The number of hydrogen-bond acceptors (Lipinski definition) is 4. The molecule has 1 aromatic carbocycles. The van der Waals surface area contributed by atoms with E-state index < -0.39 is 0 Å². The third kappa shape index (κ3) is 4.60. The van der Waals surface area contributed by atoms with E-state index in [4.69, 9.17) is 27.4 Å². The maximum Gasteiger partial charge on any atom is 0.106 e. The molecule has 1 rings (SSSR count). The Bertz CT molecular complexity index is 397. The van der Waals surface area contributed by atoms with Crippen LogP contribution in [0.25, 0.3) is 0 Å². The van der Waals surface area contributed by atoms with Gasteiger partial charge >= 0.3 is 0 Å². The molecule has 18 heavy (non-hydrogen) atoms. The van der Waals surface area contributed by atoms with Crippen molar-refractivity contribution in [3.63, 3.8) is 0 Å². The number of nitrogens with one attached hydrogen (secondary N) is 1. The van der Waals surface area contributed by atoms with Gasteiger partial charge in [-0.15, -0.1) is 0 Å². The van der Waals surface area contributed by atoms with E-state index in [0.29, 0.717) is 31.4 Å². The topological polar surface area (TPSA) is 56.5 Å².